The Morgan fingerprint density at radius 2 is 1.70 bits per heavy atom. The second-order valence-corrected chi connectivity index (χ2v) is 6.57. The van der Waals surface area contributed by atoms with Crippen LogP contribution in [0, 0.1) is 0 Å². The maximum absolute atomic E-state index is 12.6. The first kappa shape index (κ1) is 16.9. The van der Waals surface area contributed by atoms with Crippen molar-refractivity contribution in [1.29, 1.82) is 0 Å². The van der Waals surface area contributed by atoms with Crippen LogP contribution in [0.3, 0.4) is 0 Å². The van der Waals surface area contributed by atoms with Crippen LogP contribution in [-0.2, 0) is 6.54 Å². The normalized spacial score (nSPS) is 10.9. The summed E-state index contributed by atoms with van der Waals surface area (Å²) in [5, 5.41) is 0.580. The van der Waals surface area contributed by atoms with Crippen molar-refractivity contribution < 1.29 is 0 Å². The molecular weight excluding hydrogens is 338 g/mol. The Kier molecular flexibility index (Phi) is 4.38. The highest BCUT2D eigenvalue weighted by Crippen LogP contribution is 2.21. The van der Waals surface area contributed by atoms with Crippen molar-refractivity contribution in [3.8, 4) is 11.1 Å². The number of hydrogen-bond acceptors (Lipinski definition) is 5. The van der Waals surface area contributed by atoms with Gasteiger partial charge >= 0.3 is 0 Å². The molecule has 0 amide bonds. The number of rotatable bonds is 4. The highest BCUT2D eigenvalue weighted by molar-refractivity contribution is 5.75. The summed E-state index contributed by atoms with van der Waals surface area (Å²) in [4.78, 5) is 27.3. The Morgan fingerprint density at radius 1 is 0.926 bits per heavy atom. The zero-order valence-corrected chi connectivity index (χ0v) is 15.2. The Balaban J connectivity index is 1.58. The van der Waals surface area contributed by atoms with Crippen molar-refractivity contribution in [2.45, 2.75) is 6.54 Å². The van der Waals surface area contributed by atoms with E-state index in [2.05, 4.69) is 21.0 Å². The van der Waals surface area contributed by atoms with Crippen LogP contribution in [-0.4, -0.2) is 33.6 Å². The molecule has 0 radical (unpaired) electrons. The quantitative estimate of drug-likeness (QED) is 0.562. The minimum absolute atomic E-state index is 0.0602. The molecule has 0 unspecified atom stereocenters. The van der Waals surface area contributed by atoms with E-state index in [1.165, 1.54) is 0 Å². The molecule has 3 aromatic heterocycles. The minimum atomic E-state index is -0.0602. The molecule has 134 valence electrons. The number of nitrogens with zero attached hydrogens (tertiary/aromatic N) is 5. The predicted octanol–water partition coefficient (Wildman–Crippen LogP) is 2.97. The van der Waals surface area contributed by atoms with Gasteiger partial charge in [-0.3, -0.25) is 14.3 Å². The minimum Gasteiger partial charge on any atom is -0.363 e. The van der Waals surface area contributed by atoms with E-state index in [0.717, 1.165) is 22.5 Å². The van der Waals surface area contributed by atoms with Crippen LogP contribution in [0.4, 0.5) is 5.82 Å². The van der Waals surface area contributed by atoms with Crippen molar-refractivity contribution in [2.75, 3.05) is 19.0 Å². The third-order valence-corrected chi connectivity index (χ3v) is 4.47. The lowest BCUT2D eigenvalue weighted by Crippen LogP contribution is -2.21. The molecule has 3 heterocycles. The van der Waals surface area contributed by atoms with E-state index in [1.807, 2.05) is 55.5 Å². The second-order valence-electron chi connectivity index (χ2n) is 6.57. The molecule has 4 aromatic rings. The number of hydrogen-bond donors (Lipinski definition) is 0. The number of benzene rings is 1. The van der Waals surface area contributed by atoms with Gasteiger partial charge in [0.15, 0.2) is 0 Å². The van der Waals surface area contributed by atoms with Gasteiger partial charge < -0.3 is 4.90 Å². The predicted molar refractivity (Wildman–Crippen MR) is 107 cm³/mol. The Morgan fingerprint density at radius 3 is 2.41 bits per heavy atom. The first-order chi connectivity index (χ1) is 13.1. The average Bonchev–Trinajstić information content (AvgIpc) is 2.71. The van der Waals surface area contributed by atoms with Crippen LogP contribution >= 0.6 is 0 Å². The maximum atomic E-state index is 12.6. The summed E-state index contributed by atoms with van der Waals surface area (Å²) >= 11 is 0. The first-order valence-corrected chi connectivity index (χ1v) is 8.64. The van der Waals surface area contributed by atoms with Crippen molar-refractivity contribution >= 4 is 16.7 Å². The van der Waals surface area contributed by atoms with Gasteiger partial charge in [-0.25, -0.2) is 9.97 Å². The molecular formula is C21H19N5O. The molecule has 0 atom stereocenters. The fourth-order valence-electron chi connectivity index (χ4n) is 2.94. The van der Waals surface area contributed by atoms with Crippen molar-refractivity contribution in [3.05, 3.63) is 83.3 Å². The van der Waals surface area contributed by atoms with E-state index in [4.69, 9.17) is 0 Å². The molecule has 6 nitrogen and oxygen atoms in total. The highest BCUT2D eigenvalue weighted by atomic mass is 16.1. The van der Waals surface area contributed by atoms with Crippen LogP contribution < -0.4 is 10.5 Å². The van der Waals surface area contributed by atoms with E-state index >= 15 is 0 Å². The zero-order chi connectivity index (χ0) is 18.8. The molecule has 0 spiro atoms. The Bertz CT molecular complexity index is 1130. The highest BCUT2D eigenvalue weighted by Gasteiger charge is 2.05. The van der Waals surface area contributed by atoms with Crippen LogP contribution in [0.15, 0.2) is 72.2 Å². The third-order valence-electron chi connectivity index (χ3n) is 4.47. The standard InChI is InChI=1S/C21H19N5O/c1-25(2)20-8-7-17(11-23-20)16-5-3-15(4-6-16)13-26-14-24-19-12-22-10-9-18(19)21(26)27/h3-12,14H,13H2,1-2H3. The van der Waals surface area contributed by atoms with E-state index in [9.17, 15) is 4.79 Å². The van der Waals surface area contributed by atoms with E-state index in [-0.39, 0.29) is 5.56 Å². The number of fused-ring (bicyclic) bond motifs is 1. The summed E-state index contributed by atoms with van der Waals surface area (Å²) in [7, 11) is 3.94. The van der Waals surface area contributed by atoms with Gasteiger partial charge in [0.1, 0.15) is 5.82 Å². The summed E-state index contributed by atoms with van der Waals surface area (Å²) in [6.07, 6.45) is 6.66. The van der Waals surface area contributed by atoms with E-state index in [0.29, 0.717) is 17.4 Å². The summed E-state index contributed by atoms with van der Waals surface area (Å²) in [6.45, 7) is 0.474. The lowest BCUT2D eigenvalue weighted by atomic mass is 10.1. The lowest BCUT2D eigenvalue weighted by Gasteiger charge is -2.11. The van der Waals surface area contributed by atoms with Gasteiger partial charge in [-0.2, -0.15) is 0 Å². The number of pyridine rings is 2. The molecule has 1 aromatic carbocycles. The maximum Gasteiger partial charge on any atom is 0.261 e. The molecule has 0 fully saturated rings. The molecule has 0 aliphatic heterocycles. The summed E-state index contributed by atoms with van der Waals surface area (Å²) in [5.74, 6) is 0.925. The summed E-state index contributed by atoms with van der Waals surface area (Å²) in [6, 6.07) is 13.9. The zero-order valence-electron chi connectivity index (χ0n) is 15.2. The van der Waals surface area contributed by atoms with Crippen LogP contribution in [0.1, 0.15) is 5.56 Å². The average molecular weight is 357 g/mol. The molecule has 4 rings (SSSR count). The molecule has 0 N–H and O–H groups in total. The van der Waals surface area contributed by atoms with Crippen molar-refractivity contribution in [1.82, 2.24) is 19.5 Å². The Labute approximate surface area is 156 Å². The third kappa shape index (κ3) is 3.42. The topological polar surface area (TPSA) is 63.9 Å². The number of anilines is 1. The van der Waals surface area contributed by atoms with Gasteiger partial charge in [-0.1, -0.05) is 24.3 Å². The molecule has 0 saturated carbocycles. The molecule has 0 saturated heterocycles. The van der Waals surface area contributed by atoms with Gasteiger partial charge in [-0.05, 0) is 29.3 Å². The van der Waals surface area contributed by atoms with E-state index < -0.39 is 0 Å². The van der Waals surface area contributed by atoms with Gasteiger partial charge in [0.05, 0.1) is 30.0 Å². The monoisotopic (exact) mass is 357 g/mol. The Hall–Kier alpha value is -3.54. The smallest absolute Gasteiger partial charge is 0.261 e. The van der Waals surface area contributed by atoms with Gasteiger partial charge in [0.25, 0.3) is 5.56 Å². The van der Waals surface area contributed by atoms with E-state index in [1.54, 1.807) is 29.4 Å². The molecule has 0 bridgehead atoms. The number of aromatic nitrogens is 4. The molecule has 0 aliphatic rings. The summed E-state index contributed by atoms with van der Waals surface area (Å²) < 4.78 is 1.62. The van der Waals surface area contributed by atoms with Gasteiger partial charge in [0, 0.05) is 32.1 Å². The lowest BCUT2D eigenvalue weighted by molar-refractivity contribution is 0.748. The SMILES string of the molecule is CN(C)c1ccc(-c2ccc(Cn3cnc4cnccc4c3=O)cc2)cn1. The largest absolute Gasteiger partial charge is 0.363 e. The molecule has 27 heavy (non-hydrogen) atoms. The van der Waals surface area contributed by atoms with Gasteiger partial charge in [0.2, 0.25) is 0 Å². The molecule has 6 heteroatoms. The fraction of sp³-hybridized carbons (Fsp3) is 0.143. The van der Waals surface area contributed by atoms with Crippen LogP contribution in [0.2, 0.25) is 0 Å². The fourth-order valence-corrected chi connectivity index (χ4v) is 2.94. The summed E-state index contributed by atoms with van der Waals surface area (Å²) in [5.41, 5.74) is 3.74. The van der Waals surface area contributed by atoms with Crippen LogP contribution in [0.25, 0.3) is 22.0 Å². The first-order valence-electron chi connectivity index (χ1n) is 8.64. The van der Waals surface area contributed by atoms with Gasteiger partial charge in [-0.15, -0.1) is 0 Å². The van der Waals surface area contributed by atoms with Crippen LogP contribution in [0.5, 0.6) is 0 Å². The molecule has 0 aliphatic carbocycles. The van der Waals surface area contributed by atoms with Crippen molar-refractivity contribution in [2.24, 2.45) is 0 Å². The van der Waals surface area contributed by atoms with Crippen molar-refractivity contribution in [3.63, 3.8) is 0 Å². The second kappa shape index (κ2) is 6.99.